The van der Waals surface area contributed by atoms with Crippen LogP contribution in [0.2, 0.25) is 0 Å². The van der Waals surface area contributed by atoms with E-state index in [-0.39, 0.29) is 12.1 Å². The van der Waals surface area contributed by atoms with Gasteiger partial charge in [0, 0.05) is 18.7 Å². The van der Waals surface area contributed by atoms with E-state index in [0.29, 0.717) is 6.61 Å². The first kappa shape index (κ1) is 16.0. The highest BCUT2D eigenvalue weighted by atomic mass is 16.5. The molecule has 0 saturated heterocycles. The number of ether oxygens (including phenoxy) is 2. The first-order chi connectivity index (χ1) is 9.22. The fourth-order valence-electron chi connectivity index (χ4n) is 2.12. The van der Waals surface area contributed by atoms with Crippen LogP contribution in [0.5, 0.6) is 5.75 Å². The number of benzene rings is 1. The molecular formula is C16H27NO2. The minimum atomic E-state index is 0.226. The molecule has 2 unspecified atom stereocenters. The van der Waals surface area contributed by atoms with Gasteiger partial charge in [-0.15, -0.1) is 0 Å². The molecule has 0 amide bonds. The normalized spacial score (nSPS) is 14.1. The van der Waals surface area contributed by atoms with Crippen LogP contribution < -0.4 is 10.1 Å². The number of hydrogen-bond acceptors (Lipinski definition) is 3. The fraction of sp³-hybridized carbons (Fsp3) is 0.625. The molecule has 108 valence electrons. The van der Waals surface area contributed by atoms with Crippen LogP contribution in [0.1, 0.15) is 45.2 Å². The summed E-state index contributed by atoms with van der Waals surface area (Å²) in [6, 6.07) is 8.54. The Morgan fingerprint density at radius 3 is 2.58 bits per heavy atom. The van der Waals surface area contributed by atoms with Gasteiger partial charge in [0.05, 0.1) is 12.7 Å². The van der Waals surface area contributed by atoms with Gasteiger partial charge in [-0.1, -0.05) is 25.1 Å². The van der Waals surface area contributed by atoms with Crippen LogP contribution in [-0.2, 0) is 4.74 Å². The minimum Gasteiger partial charge on any atom is -0.494 e. The standard InChI is InChI=1S/C16H27NO2/c1-5-11-17-15(12-13(3)18-4)14-9-7-8-10-16(14)19-6-2/h7-10,13,15,17H,5-6,11-12H2,1-4H3. The third-order valence-electron chi connectivity index (χ3n) is 3.21. The highest BCUT2D eigenvalue weighted by Gasteiger charge is 2.18. The molecule has 3 heteroatoms. The van der Waals surface area contributed by atoms with Gasteiger partial charge >= 0.3 is 0 Å². The second-order valence-electron chi connectivity index (χ2n) is 4.76. The molecular weight excluding hydrogens is 238 g/mol. The summed E-state index contributed by atoms with van der Waals surface area (Å²) in [4.78, 5) is 0. The highest BCUT2D eigenvalue weighted by molar-refractivity contribution is 5.36. The number of rotatable bonds is 9. The van der Waals surface area contributed by atoms with Gasteiger partial charge < -0.3 is 14.8 Å². The van der Waals surface area contributed by atoms with E-state index in [4.69, 9.17) is 9.47 Å². The van der Waals surface area contributed by atoms with Gasteiger partial charge in [0.1, 0.15) is 5.75 Å². The number of methoxy groups -OCH3 is 1. The molecule has 0 aliphatic rings. The molecule has 0 saturated carbocycles. The molecule has 0 fully saturated rings. The van der Waals surface area contributed by atoms with Crippen molar-refractivity contribution in [3.8, 4) is 5.75 Å². The molecule has 1 aromatic carbocycles. The van der Waals surface area contributed by atoms with Crippen molar-refractivity contribution in [3.63, 3.8) is 0 Å². The lowest BCUT2D eigenvalue weighted by Gasteiger charge is -2.24. The van der Waals surface area contributed by atoms with Crippen LogP contribution in [0.15, 0.2) is 24.3 Å². The minimum absolute atomic E-state index is 0.226. The Balaban J connectivity index is 2.88. The van der Waals surface area contributed by atoms with Crippen LogP contribution in [0.4, 0.5) is 0 Å². The zero-order valence-corrected chi connectivity index (χ0v) is 12.6. The van der Waals surface area contributed by atoms with Crippen LogP contribution in [0.25, 0.3) is 0 Å². The maximum absolute atomic E-state index is 5.73. The van der Waals surface area contributed by atoms with Crippen LogP contribution in [-0.4, -0.2) is 26.4 Å². The number of para-hydroxylation sites is 1. The summed E-state index contributed by atoms with van der Waals surface area (Å²) in [7, 11) is 1.76. The second kappa shape index (κ2) is 8.94. The van der Waals surface area contributed by atoms with Crippen molar-refractivity contribution < 1.29 is 9.47 Å². The molecule has 1 N–H and O–H groups in total. The summed E-state index contributed by atoms with van der Waals surface area (Å²) in [5, 5.41) is 3.59. The average Bonchev–Trinajstić information content (AvgIpc) is 2.44. The van der Waals surface area contributed by atoms with Gasteiger partial charge in [-0.05, 0) is 39.3 Å². The Labute approximate surface area is 117 Å². The Bertz CT molecular complexity index is 354. The monoisotopic (exact) mass is 265 g/mol. The smallest absolute Gasteiger partial charge is 0.124 e. The van der Waals surface area contributed by atoms with Crippen molar-refractivity contribution in [1.29, 1.82) is 0 Å². The Hall–Kier alpha value is -1.06. The molecule has 19 heavy (non-hydrogen) atoms. The molecule has 0 radical (unpaired) electrons. The third kappa shape index (κ3) is 5.21. The summed E-state index contributed by atoms with van der Waals surface area (Å²) < 4.78 is 11.1. The predicted molar refractivity (Wildman–Crippen MR) is 79.7 cm³/mol. The molecule has 0 aliphatic heterocycles. The van der Waals surface area contributed by atoms with Crippen molar-refractivity contribution >= 4 is 0 Å². The molecule has 0 heterocycles. The SMILES string of the molecule is CCCNC(CC(C)OC)c1ccccc1OCC. The lowest BCUT2D eigenvalue weighted by Crippen LogP contribution is -2.26. The van der Waals surface area contributed by atoms with Gasteiger partial charge in [0.2, 0.25) is 0 Å². The van der Waals surface area contributed by atoms with E-state index in [1.54, 1.807) is 7.11 Å². The lowest BCUT2D eigenvalue weighted by molar-refractivity contribution is 0.1000. The topological polar surface area (TPSA) is 30.5 Å². The quantitative estimate of drug-likeness (QED) is 0.740. The fourth-order valence-corrected chi connectivity index (χ4v) is 2.12. The van der Waals surface area contributed by atoms with Crippen molar-refractivity contribution in [2.45, 2.75) is 45.8 Å². The maximum atomic E-state index is 5.73. The van der Waals surface area contributed by atoms with Crippen LogP contribution >= 0.6 is 0 Å². The Morgan fingerprint density at radius 1 is 1.21 bits per heavy atom. The van der Waals surface area contributed by atoms with Crippen LogP contribution in [0.3, 0.4) is 0 Å². The van der Waals surface area contributed by atoms with E-state index >= 15 is 0 Å². The first-order valence-corrected chi connectivity index (χ1v) is 7.20. The molecule has 0 aromatic heterocycles. The van der Waals surface area contributed by atoms with Crippen LogP contribution in [0, 0.1) is 0 Å². The van der Waals surface area contributed by atoms with E-state index in [1.807, 2.05) is 19.1 Å². The molecule has 1 rings (SSSR count). The molecule has 0 aliphatic carbocycles. The summed E-state index contributed by atoms with van der Waals surface area (Å²) in [6.07, 6.45) is 2.29. The highest BCUT2D eigenvalue weighted by Crippen LogP contribution is 2.28. The van der Waals surface area contributed by atoms with Gasteiger partial charge in [-0.25, -0.2) is 0 Å². The largest absolute Gasteiger partial charge is 0.494 e. The van der Waals surface area contributed by atoms with Crippen molar-refractivity contribution in [1.82, 2.24) is 5.32 Å². The van der Waals surface area contributed by atoms with Crippen molar-refractivity contribution in [2.24, 2.45) is 0 Å². The van der Waals surface area contributed by atoms with E-state index in [1.165, 1.54) is 5.56 Å². The zero-order valence-electron chi connectivity index (χ0n) is 12.6. The van der Waals surface area contributed by atoms with Crippen molar-refractivity contribution in [3.05, 3.63) is 29.8 Å². The Kier molecular flexibility index (Phi) is 7.53. The zero-order chi connectivity index (χ0) is 14.1. The number of nitrogens with one attached hydrogen (secondary N) is 1. The van der Waals surface area contributed by atoms with Crippen molar-refractivity contribution in [2.75, 3.05) is 20.3 Å². The van der Waals surface area contributed by atoms with E-state index in [0.717, 1.165) is 25.1 Å². The molecule has 0 bridgehead atoms. The predicted octanol–water partition coefficient (Wildman–Crippen LogP) is 3.55. The number of hydrogen-bond donors (Lipinski definition) is 1. The van der Waals surface area contributed by atoms with E-state index in [2.05, 4.69) is 31.3 Å². The molecule has 3 nitrogen and oxygen atoms in total. The summed E-state index contributed by atoms with van der Waals surface area (Å²) in [5.41, 5.74) is 1.22. The van der Waals surface area contributed by atoms with Gasteiger partial charge in [0.25, 0.3) is 0 Å². The maximum Gasteiger partial charge on any atom is 0.124 e. The molecule has 1 aromatic rings. The lowest BCUT2D eigenvalue weighted by atomic mass is 10.00. The third-order valence-corrected chi connectivity index (χ3v) is 3.21. The van der Waals surface area contributed by atoms with Gasteiger partial charge in [-0.3, -0.25) is 0 Å². The summed E-state index contributed by atoms with van der Waals surface area (Å²) in [5.74, 6) is 0.974. The summed E-state index contributed by atoms with van der Waals surface area (Å²) >= 11 is 0. The van der Waals surface area contributed by atoms with Gasteiger partial charge in [-0.2, -0.15) is 0 Å². The molecule has 0 spiro atoms. The first-order valence-electron chi connectivity index (χ1n) is 7.20. The second-order valence-corrected chi connectivity index (χ2v) is 4.76. The van der Waals surface area contributed by atoms with E-state index in [9.17, 15) is 0 Å². The molecule has 2 atom stereocenters. The average molecular weight is 265 g/mol. The van der Waals surface area contributed by atoms with Gasteiger partial charge in [0.15, 0.2) is 0 Å². The summed E-state index contributed by atoms with van der Waals surface area (Å²) in [6.45, 7) is 7.99. The van der Waals surface area contributed by atoms with E-state index < -0.39 is 0 Å². The Morgan fingerprint density at radius 2 is 1.95 bits per heavy atom.